The second-order valence-electron chi connectivity index (χ2n) is 6.64. The highest BCUT2D eigenvalue weighted by molar-refractivity contribution is 6.46. The Morgan fingerprint density at radius 2 is 1.89 bits per heavy atom. The number of benzene rings is 2. The molecular formula is C21H13Cl2FN6O5. The van der Waals surface area contributed by atoms with Crippen molar-refractivity contribution in [1.29, 1.82) is 5.26 Å². The number of carboxylic acid groups (broad SMARTS) is 1. The van der Waals surface area contributed by atoms with Gasteiger partial charge in [-0.25, -0.2) is 14.0 Å². The van der Waals surface area contributed by atoms with Crippen LogP contribution in [0.5, 0.6) is 11.5 Å². The molecule has 2 aromatic carbocycles. The van der Waals surface area contributed by atoms with E-state index in [9.17, 15) is 18.8 Å². The predicted molar refractivity (Wildman–Crippen MR) is 123 cm³/mol. The summed E-state index contributed by atoms with van der Waals surface area (Å²) in [5.74, 6) is -1.49. The number of nitrogens with zero attached hydrogens (tertiary/aromatic N) is 4. The van der Waals surface area contributed by atoms with E-state index in [4.69, 9.17) is 38.3 Å². The summed E-state index contributed by atoms with van der Waals surface area (Å²) in [5.41, 5.74) is 1.87. The van der Waals surface area contributed by atoms with Gasteiger partial charge in [0.2, 0.25) is 5.71 Å². The molecule has 1 aromatic heterocycles. The average Bonchev–Trinajstić information content (AvgIpc) is 2.79. The molecule has 14 heteroatoms. The molecule has 0 fully saturated rings. The van der Waals surface area contributed by atoms with Gasteiger partial charge in [-0.1, -0.05) is 35.3 Å². The number of hydrazone groups is 1. The summed E-state index contributed by atoms with van der Waals surface area (Å²) in [6.45, 7) is 0.113. The van der Waals surface area contributed by atoms with Gasteiger partial charge in [-0.2, -0.15) is 15.3 Å². The lowest BCUT2D eigenvalue weighted by molar-refractivity contribution is -0.114. The van der Waals surface area contributed by atoms with Crippen LogP contribution in [-0.2, 0) is 11.3 Å². The van der Waals surface area contributed by atoms with Crippen LogP contribution in [0.1, 0.15) is 5.56 Å². The van der Waals surface area contributed by atoms with Crippen molar-refractivity contribution in [2.75, 3.05) is 5.43 Å². The Hall–Kier alpha value is -4.47. The molecule has 0 saturated heterocycles. The number of anilines is 1. The van der Waals surface area contributed by atoms with Crippen molar-refractivity contribution in [1.82, 2.24) is 14.9 Å². The quantitative estimate of drug-likeness (QED) is 0.315. The van der Waals surface area contributed by atoms with E-state index >= 15 is 0 Å². The molecule has 0 aliphatic rings. The lowest BCUT2D eigenvalue weighted by atomic mass is 10.2. The number of amides is 2. The SMILES string of the molecule is N#CC(=NNc1cc(Cl)c(Oc2cnc(=O)n(Cc3ccc(F)cc3)c2)c(Cl)c1)C(=O)NC(=O)O. The summed E-state index contributed by atoms with van der Waals surface area (Å²) >= 11 is 12.5. The zero-order chi connectivity index (χ0) is 25.5. The molecule has 3 rings (SSSR count). The molecule has 0 bridgehead atoms. The van der Waals surface area contributed by atoms with Gasteiger partial charge in [-0.15, -0.1) is 0 Å². The van der Waals surface area contributed by atoms with E-state index in [1.54, 1.807) is 0 Å². The van der Waals surface area contributed by atoms with Crippen LogP contribution in [0.25, 0.3) is 0 Å². The first-order valence-corrected chi connectivity index (χ1v) is 10.2. The first kappa shape index (κ1) is 25.2. The molecule has 0 spiro atoms. The maximum atomic E-state index is 13.1. The van der Waals surface area contributed by atoms with Crippen LogP contribution in [-0.4, -0.2) is 32.4 Å². The molecule has 178 valence electrons. The van der Waals surface area contributed by atoms with Crippen LogP contribution in [0.4, 0.5) is 14.9 Å². The van der Waals surface area contributed by atoms with Crippen LogP contribution < -0.4 is 21.2 Å². The van der Waals surface area contributed by atoms with Crippen LogP contribution in [0.3, 0.4) is 0 Å². The Balaban J connectivity index is 1.79. The number of ether oxygens (including phenoxy) is 1. The Bertz CT molecular complexity index is 1400. The topological polar surface area (TPSA) is 159 Å². The van der Waals surface area contributed by atoms with Crippen LogP contribution in [0.15, 0.2) is 58.7 Å². The van der Waals surface area contributed by atoms with Gasteiger partial charge in [0.25, 0.3) is 5.91 Å². The fourth-order valence-electron chi connectivity index (χ4n) is 2.63. The number of halogens is 3. The van der Waals surface area contributed by atoms with E-state index in [1.165, 1.54) is 64.7 Å². The summed E-state index contributed by atoms with van der Waals surface area (Å²) in [6, 6.07) is 9.68. The number of nitriles is 1. The van der Waals surface area contributed by atoms with E-state index < -0.39 is 29.2 Å². The molecule has 2 amide bonds. The molecule has 0 saturated carbocycles. The first-order valence-electron chi connectivity index (χ1n) is 9.42. The van der Waals surface area contributed by atoms with E-state index in [2.05, 4.69) is 15.5 Å². The van der Waals surface area contributed by atoms with Gasteiger partial charge >= 0.3 is 11.8 Å². The Kier molecular flexibility index (Phi) is 7.98. The summed E-state index contributed by atoms with van der Waals surface area (Å²) in [5, 5.41) is 22.5. The number of hydrogen-bond donors (Lipinski definition) is 3. The molecule has 0 aliphatic heterocycles. The minimum atomic E-state index is -1.65. The highest BCUT2D eigenvalue weighted by Gasteiger charge is 2.15. The maximum absolute atomic E-state index is 13.1. The van der Waals surface area contributed by atoms with Crippen LogP contribution in [0, 0.1) is 17.1 Å². The van der Waals surface area contributed by atoms with Gasteiger partial charge in [0.1, 0.15) is 11.9 Å². The largest absolute Gasteiger partial charge is 0.465 e. The third-order valence-corrected chi connectivity index (χ3v) is 4.72. The summed E-state index contributed by atoms with van der Waals surface area (Å²) < 4.78 is 20.0. The molecular weight excluding hydrogens is 506 g/mol. The number of rotatable bonds is 7. The zero-order valence-corrected chi connectivity index (χ0v) is 18.8. The highest BCUT2D eigenvalue weighted by atomic mass is 35.5. The molecule has 11 nitrogen and oxygen atoms in total. The van der Waals surface area contributed by atoms with E-state index in [1.807, 2.05) is 0 Å². The normalized spacial score (nSPS) is 10.9. The molecule has 0 aliphatic carbocycles. The number of aromatic nitrogens is 2. The van der Waals surface area contributed by atoms with Crippen LogP contribution in [0.2, 0.25) is 10.0 Å². The van der Waals surface area contributed by atoms with Gasteiger partial charge in [0.05, 0.1) is 34.7 Å². The van der Waals surface area contributed by atoms with E-state index in [0.717, 1.165) is 0 Å². The third-order valence-electron chi connectivity index (χ3n) is 4.15. The minimum Gasteiger partial charge on any atom is -0.465 e. The summed E-state index contributed by atoms with van der Waals surface area (Å²) in [7, 11) is 0. The third kappa shape index (κ3) is 6.76. The smallest absolute Gasteiger partial charge is 0.411 e. The van der Waals surface area contributed by atoms with Crippen molar-refractivity contribution in [3.63, 3.8) is 0 Å². The van der Waals surface area contributed by atoms with Crippen LogP contribution >= 0.6 is 23.2 Å². The molecule has 0 atom stereocenters. The second-order valence-corrected chi connectivity index (χ2v) is 7.46. The number of hydrogen-bond acceptors (Lipinski definition) is 8. The second kappa shape index (κ2) is 11.1. The average molecular weight is 519 g/mol. The van der Waals surface area contributed by atoms with Gasteiger partial charge in [0.15, 0.2) is 11.5 Å². The van der Waals surface area contributed by atoms with Crippen molar-refractivity contribution in [2.45, 2.75) is 6.54 Å². The number of nitrogens with one attached hydrogen (secondary N) is 2. The minimum absolute atomic E-state index is 0.0000188. The Morgan fingerprint density at radius 1 is 1.23 bits per heavy atom. The lowest BCUT2D eigenvalue weighted by Gasteiger charge is -2.13. The first-order chi connectivity index (χ1) is 16.7. The number of carbonyl (C=O) groups excluding carboxylic acids is 1. The Morgan fingerprint density at radius 3 is 2.49 bits per heavy atom. The summed E-state index contributed by atoms with van der Waals surface area (Å²) in [6.07, 6.45) is 0.901. The molecule has 3 N–H and O–H groups in total. The Labute approximate surface area is 206 Å². The molecule has 0 radical (unpaired) electrons. The fraction of sp³-hybridized carbons (Fsp3) is 0.0476. The van der Waals surface area contributed by atoms with Gasteiger partial charge in [-0.05, 0) is 29.8 Å². The van der Waals surface area contributed by atoms with Crippen molar-refractivity contribution in [2.24, 2.45) is 5.10 Å². The van der Waals surface area contributed by atoms with E-state index in [0.29, 0.717) is 5.56 Å². The maximum Gasteiger partial charge on any atom is 0.411 e. The van der Waals surface area contributed by atoms with Crippen molar-refractivity contribution >= 4 is 46.6 Å². The molecule has 0 unspecified atom stereocenters. The van der Waals surface area contributed by atoms with Gasteiger partial charge in [-0.3, -0.25) is 20.1 Å². The van der Waals surface area contributed by atoms with Gasteiger partial charge < -0.3 is 9.84 Å². The molecule has 1 heterocycles. The standard InChI is InChI=1S/C21H13Cl2FN6O5/c22-15-5-13(28-29-17(7-25)19(31)27-21(33)34)6-16(23)18(15)35-14-8-26-20(32)30(10-14)9-11-1-3-12(24)4-2-11/h1-6,8,10,28H,9H2,(H,27,31)(H,33,34). The fourth-order valence-corrected chi connectivity index (χ4v) is 3.19. The lowest BCUT2D eigenvalue weighted by Crippen LogP contribution is -2.34. The van der Waals surface area contributed by atoms with Gasteiger partial charge in [0, 0.05) is 0 Å². The van der Waals surface area contributed by atoms with E-state index in [-0.39, 0.29) is 33.8 Å². The zero-order valence-electron chi connectivity index (χ0n) is 17.3. The summed E-state index contributed by atoms with van der Waals surface area (Å²) in [4.78, 5) is 37.9. The number of imide groups is 1. The highest BCUT2D eigenvalue weighted by Crippen LogP contribution is 2.38. The number of carbonyl (C=O) groups is 2. The molecule has 3 aromatic rings. The molecule has 35 heavy (non-hydrogen) atoms. The van der Waals surface area contributed by atoms with Crippen molar-refractivity contribution in [3.8, 4) is 17.6 Å². The van der Waals surface area contributed by atoms with Crippen molar-refractivity contribution in [3.05, 3.63) is 80.7 Å². The monoisotopic (exact) mass is 518 g/mol. The van der Waals surface area contributed by atoms with Crippen molar-refractivity contribution < 1.29 is 23.8 Å². The predicted octanol–water partition coefficient (Wildman–Crippen LogP) is 3.62.